The Morgan fingerprint density at radius 3 is 3.00 bits per heavy atom. The first-order valence-electron chi connectivity index (χ1n) is 4.79. The van der Waals surface area contributed by atoms with Gasteiger partial charge in [0.1, 0.15) is 0 Å². The zero-order valence-corrected chi connectivity index (χ0v) is 9.16. The van der Waals surface area contributed by atoms with Gasteiger partial charge in [-0.05, 0) is 12.8 Å². The molecule has 0 aromatic rings. The monoisotopic (exact) mass is 201 g/mol. The van der Waals surface area contributed by atoms with E-state index in [-0.39, 0.29) is 0 Å². The molecule has 0 unspecified atom stereocenters. The largest absolute Gasteiger partial charge is 0.384 e. The van der Waals surface area contributed by atoms with Gasteiger partial charge in [-0.15, -0.1) is 0 Å². The van der Waals surface area contributed by atoms with Crippen molar-refractivity contribution in [2.24, 2.45) is 0 Å². The minimum atomic E-state index is 0.792. The Morgan fingerprint density at radius 2 is 2.38 bits per heavy atom. The van der Waals surface area contributed by atoms with Crippen LogP contribution in [0.15, 0.2) is 12.2 Å². The molecule has 0 atom stereocenters. The lowest BCUT2D eigenvalue weighted by molar-refractivity contribution is 0.218. The van der Waals surface area contributed by atoms with Gasteiger partial charge in [0.25, 0.3) is 0 Å². The zero-order valence-electron chi connectivity index (χ0n) is 8.34. The summed E-state index contributed by atoms with van der Waals surface area (Å²) in [5.74, 6) is 2.13. The molecule has 13 heavy (non-hydrogen) atoms. The molecule has 0 aromatic heterocycles. The summed E-state index contributed by atoms with van der Waals surface area (Å²) in [6.07, 6.45) is 2.70. The second kappa shape index (κ2) is 6.46. The van der Waals surface area contributed by atoms with Crippen LogP contribution in [0.5, 0.6) is 0 Å². The second-order valence-corrected chi connectivity index (χ2v) is 4.56. The van der Waals surface area contributed by atoms with Gasteiger partial charge in [-0.25, -0.2) is 0 Å². The average Bonchev–Trinajstić information content (AvgIpc) is 2.92. The van der Waals surface area contributed by atoms with E-state index >= 15 is 0 Å². The van der Waals surface area contributed by atoms with E-state index < -0.39 is 0 Å². The van der Waals surface area contributed by atoms with E-state index in [1.807, 2.05) is 11.8 Å². The number of hydrogen-bond acceptors (Lipinski definition) is 3. The summed E-state index contributed by atoms with van der Waals surface area (Å²) in [5, 5.41) is 3.45. The Labute approximate surface area is 85.1 Å². The quantitative estimate of drug-likeness (QED) is 0.477. The molecule has 1 N–H and O–H groups in total. The first-order chi connectivity index (χ1) is 6.33. The van der Waals surface area contributed by atoms with Crippen molar-refractivity contribution in [3.05, 3.63) is 12.2 Å². The number of ether oxygens (including phenoxy) is 1. The van der Waals surface area contributed by atoms with Crippen molar-refractivity contribution in [3.8, 4) is 0 Å². The predicted octanol–water partition coefficient (Wildman–Crippen LogP) is 1.67. The van der Waals surface area contributed by atoms with Crippen molar-refractivity contribution in [1.82, 2.24) is 5.32 Å². The van der Waals surface area contributed by atoms with Crippen LogP contribution >= 0.6 is 11.8 Å². The number of methoxy groups -OCH3 is 1. The Kier molecular flexibility index (Phi) is 5.51. The van der Waals surface area contributed by atoms with Crippen LogP contribution < -0.4 is 5.32 Å². The minimum Gasteiger partial charge on any atom is -0.384 e. The van der Waals surface area contributed by atoms with E-state index in [0.717, 1.165) is 30.7 Å². The number of nitrogens with one attached hydrogen (secondary N) is 1. The van der Waals surface area contributed by atoms with E-state index in [2.05, 4.69) is 11.9 Å². The molecule has 0 aromatic carbocycles. The maximum absolute atomic E-state index is 4.97. The van der Waals surface area contributed by atoms with Gasteiger partial charge in [-0.3, -0.25) is 0 Å². The number of hydrogen-bond donors (Lipinski definition) is 1. The van der Waals surface area contributed by atoms with Gasteiger partial charge in [0.2, 0.25) is 0 Å². The van der Waals surface area contributed by atoms with Gasteiger partial charge in [-0.1, -0.05) is 12.2 Å². The third-order valence-electron chi connectivity index (χ3n) is 1.96. The molecule has 0 saturated heterocycles. The lowest BCUT2D eigenvalue weighted by Gasteiger charge is -2.06. The maximum Gasteiger partial charge on any atom is 0.0553 e. The fraction of sp³-hybridized carbons (Fsp3) is 0.800. The van der Waals surface area contributed by atoms with Crippen LogP contribution in [0.3, 0.4) is 0 Å². The van der Waals surface area contributed by atoms with Gasteiger partial charge in [-0.2, -0.15) is 11.8 Å². The standard InChI is InChI=1S/C10H19NOS/c1-9(7-11-10-3-4-10)8-13-6-5-12-2/h10-11H,1,3-8H2,2H3. The summed E-state index contributed by atoms with van der Waals surface area (Å²) in [6.45, 7) is 5.86. The minimum absolute atomic E-state index is 0.792. The van der Waals surface area contributed by atoms with Crippen molar-refractivity contribution < 1.29 is 4.74 Å². The average molecular weight is 201 g/mol. The van der Waals surface area contributed by atoms with E-state index in [1.54, 1.807) is 7.11 Å². The topological polar surface area (TPSA) is 21.3 Å². The summed E-state index contributed by atoms with van der Waals surface area (Å²) < 4.78 is 4.97. The summed E-state index contributed by atoms with van der Waals surface area (Å²) in [7, 11) is 1.74. The summed E-state index contributed by atoms with van der Waals surface area (Å²) in [6, 6.07) is 0.792. The van der Waals surface area contributed by atoms with E-state index in [1.165, 1.54) is 18.4 Å². The molecule has 0 amide bonds. The second-order valence-electron chi connectivity index (χ2n) is 3.45. The Morgan fingerprint density at radius 1 is 1.62 bits per heavy atom. The lowest BCUT2D eigenvalue weighted by atomic mass is 10.3. The van der Waals surface area contributed by atoms with Gasteiger partial charge in [0.05, 0.1) is 6.61 Å². The molecule has 1 aliphatic carbocycles. The van der Waals surface area contributed by atoms with E-state index in [0.29, 0.717) is 0 Å². The molecule has 0 radical (unpaired) electrons. The van der Waals surface area contributed by atoms with Crippen LogP contribution in [0.25, 0.3) is 0 Å². The maximum atomic E-state index is 4.97. The van der Waals surface area contributed by atoms with Crippen molar-refractivity contribution in [2.45, 2.75) is 18.9 Å². The molecular weight excluding hydrogens is 182 g/mol. The van der Waals surface area contributed by atoms with Crippen molar-refractivity contribution in [3.63, 3.8) is 0 Å². The predicted molar refractivity (Wildman–Crippen MR) is 59.4 cm³/mol. The van der Waals surface area contributed by atoms with Crippen LogP contribution in [-0.4, -0.2) is 37.8 Å². The van der Waals surface area contributed by atoms with Gasteiger partial charge in [0, 0.05) is 31.2 Å². The first kappa shape index (κ1) is 11.1. The first-order valence-corrected chi connectivity index (χ1v) is 5.95. The molecule has 3 heteroatoms. The molecule has 0 aliphatic heterocycles. The molecule has 76 valence electrons. The third kappa shape index (κ3) is 6.13. The fourth-order valence-corrected chi connectivity index (χ4v) is 1.81. The normalized spacial score (nSPS) is 16.1. The molecule has 2 nitrogen and oxygen atoms in total. The summed E-state index contributed by atoms with van der Waals surface area (Å²) >= 11 is 1.89. The van der Waals surface area contributed by atoms with Crippen molar-refractivity contribution in [1.29, 1.82) is 0 Å². The zero-order chi connectivity index (χ0) is 9.52. The number of thioether (sulfide) groups is 1. The molecule has 0 spiro atoms. The fourth-order valence-electron chi connectivity index (χ4n) is 0.986. The molecule has 1 saturated carbocycles. The van der Waals surface area contributed by atoms with Crippen LogP contribution in [0, 0.1) is 0 Å². The highest BCUT2D eigenvalue weighted by Gasteiger charge is 2.19. The van der Waals surface area contributed by atoms with Crippen molar-refractivity contribution in [2.75, 3.05) is 31.8 Å². The summed E-state index contributed by atoms with van der Waals surface area (Å²) in [5.41, 5.74) is 1.30. The Bertz CT molecular complexity index is 157. The van der Waals surface area contributed by atoms with Gasteiger partial charge < -0.3 is 10.1 Å². The molecule has 1 rings (SSSR count). The molecule has 0 heterocycles. The van der Waals surface area contributed by atoms with Crippen LogP contribution in [0.1, 0.15) is 12.8 Å². The third-order valence-corrected chi connectivity index (χ3v) is 3.02. The Balaban J connectivity index is 1.84. The highest BCUT2D eigenvalue weighted by Crippen LogP contribution is 2.18. The highest BCUT2D eigenvalue weighted by atomic mass is 32.2. The molecule has 0 bridgehead atoms. The van der Waals surface area contributed by atoms with Gasteiger partial charge in [0.15, 0.2) is 0 Å². The van der Waals surface area contributed by atoms with Crippen molar-refractivity contribution >= 4 is 11.8 Å². The summed E-state index contributed by atoms with van der Waals surface area (Å²) in [4.78, 5) is 0. The van der Waals surface area contributed by atoms with Gasteiger partial charge >= 0.3 is 0 Å². The highest BCUT2D eigenvalue weighted by molar-refractivity contribution is 7.99. The lowest BCUT2D eigenvalue weighted by Crippen LogP contribution is -2.19. The van der Waals surface area contributed by atoms with E-state index in [4.69, 9.17) is 4.74 Å². The molecule has 1 aliphatic rings. The SMILES string of the molecule is C=C(CNC1CC1)CSCCOC. The Hall–Kier alpha value is 0.01000. The van der Waals surface area contributed by atoms with Crippen LogP contribution in [0.2, 0.25) is 0 Å². The molecule has 1 fully saturated rings. The van der Waals surface area contributed by atoms with E-state index in [9.17, 15) is 0 Å². The number of rotatable bonds is 8. The van der Waals surface area contributed by atoms with Crippen LogP contribution in [0.4, 0.5) is 0 Å². The smallest absolute Gasteiger partial charge is 0.0553 e. The molecular formula is C10H19NOS. The van der Waals surface area contributed by atoms with Crippen LogP contribution in [-0.2, 0) is 4.74 Å².